The van der Waals surface area contributed by atoms with E-state index in [0.717, 1.165) is 12.2 Å². The van der Waals surface area contributed by atoms with E-state index in [4.69, 9.17) is 5.73 Å². The van der Waals surface area contributed by atoms with Crippen LogP contribution in [0.25, 0.3) is 0 Å². The zero-order valence-corrected chi connectivity index (χ0v) is 8.33. The van der Waals surface area contributed by atoms with Crippen LogP contribution >= 0.6 is 11.8 Å². The number of hydrogen-bond acceptors (Lipinski definition) is 2. The van der Waals surface area contributed by atoms with Gasteiger partial charge in [0.05, 0.1) is 4.75 Å². The van der Waals surface area contributed by atoms with Gasteiger partial charge in [0.1, 0.15) is 0 Å². The van der Waals surface area contributed by atoms with Crippen LogP contribution in [0.15, 0.2) is 0 Å². The molecule has 0 spiro atoms. The average molecular weight is 175 g/mol. The van der Waals surface area contributed by atoms with Gasteiger partial charge in [-0.2, -0.15) is 0 Å². The third-order valence-electron chi connectivity index (χ3n) is 1.55. The zero-order chi connectivity index (χ0) is 8.91. The highest BCUT2D eigenvalue weighted by Gasteiger charge is 2.24. The number of hydrogen-bond donors (Lipinski definition) is 1. The molecule has 3 heteroatoms. The van der Waals surface area contributed by atoms with Gasteiger partial charge in [0, 0.05) is 0 Å². The Hall–Kier alpha value is -0.180. The molecule has 0 saturated heterocycles. The van der Waals surface area contributed by atoms with Crippen molar-refractivity contribution in [1.29, 1.82) is 0 Å². The van der Waals surface area contributed by atoms with E-state index in [1.54, 1.807) is 11.8 Å². The molecule has 0 aliphatic heterocycles. The SMILES string of the molecule is CCCCSC(C)(C)C(N)=O. The Morgan fingerprint density at radius 2 is 2.09 bits per heavy atom. The number of unbranched alkanes of at least 4 members (excludes halogenated alkanes) is 1. The maximum Gasteiger partial charge on any atom is 0.233 e. The smallest absolute Gasteiger partial charge is 0.233 e. The van der Waals surface area contributed by atoms with Crippen molar-refractivity contribution in [3.8, 4) is 0 Å². The van der Waals surface area contributed by atoms with Crippen molar-refractivity contribution < 1.29 is 4.79 Å². The van der Waals surface area contributed by atoms with Gasteiger partial charge in [-0.15, -0.1) is 11.8 Å². The molecule has 0 rings (SSSR count). The summed E-state index contributed by atoms with van der Waals surface area (Å²) < 4.78 is -0.394. The zero-order valence-electron chi connectivity index (χ0n) is 7.52. The van der Waals surface area contributed by atoms with Crippen LogP contribution in [0.5, 0.6) is 0 Å². The molecule has 66 valence electrons. The fourth-order valence-corrected chi connectivity index (χ4v) is 1.63. The summed E-state index contributed by atoms with van der Waals surface area (Å²) in [6.07, 6.45) is 2.32. The number of amides is 1. The summed E-state index contributed by atoms with van der Waals surface area (Å²) in [5.41, 5.74) is 5.19. The van der Waals surface area contributed by atoms with Crippen molar-refractivity contribution in [3.63, 3.8) is 0 Å². The first-order chi connectivity index (χ1) is 5.00. The topological polar surface area (TPSA) is 43.1 Å². The molecule has 2 N–H and O–H groups in total. The van der Waals surface area contributed by atoms with Gasteiger partial charge in [0.15, 0.2) is 0 Å². The molecular formula is C8H17NOS. The normalized spacial score (nSPS) is 11.5. The van der Waals surface area contributed by atoms with Gasteiger partial charge in [-0.3, -0.25) is 4.79 Å². The van der Waals surface area contributed by atoms with Gasteiger partial charge in [-0.25, -0.2) is 0 Å². The third-order valence-corrected chi connectivity index (χ3v) is 2.97. The lowest BCUT2D eigenvalue weighted by Gasteiger charge is -2.19. The van der Waals surface area contributed by atoms with E-state index in [9.17, 15) is 4.79 Å². The lowest BCUT2D eigenvalue weighted by Crippen LogP contribution is -2.35. The Balaban J connectivity index is 3.64. The van der Waals surface area contributed by atoms with Gasteiger partial charge >= 0.3 is 0 Å². The maximum atomic E-state index is 10.8. The lowest BCUT2D eigenvalue weighted by molar-refractivity contribution is -0.119. The van der Waals surface area contributed by atoms with E-state index in [-0.39, 0.29) is 5.91 Å². The monoisotopic (exact) mass is 175 g/mol. The van der Waals surface area contributed by atoms with Gasteiger partial charge in [-0.05, 0) is 26.0 Å². The maximum absolute atomic E-state index is 10.8. The van der Waals surface area contributed by atoms with E-state index < -0.39 is 4.75 Å². The molecule has 2 nitrogen and oxygen atoms in total. The lowest BCUT2D eigenvalue weighted by atomic mass is 10.2. The molecule has 0 bridgehead atoms. The Labute approximate surface area is 72.9 Å². The van der Waals surface area contributed by atoms with Crippen LogP contribution in [0.2, 0.25) is 0 Å². The molecule has 0 aliphatic carbocycles. The molecule has 0 unspecified atom stereocenters. The van der Waals surface area contributed by atoms with Crippen LogP contribution in [0.3, 0.4) is 0 Å². The molecule has 11 heavy (non-hydrogen) atoms. The molecule has 0 aliphatic rings. The highest BCUT2D eigenvalue weighted by molar-refractivity contribution is 8.01. The molecule has 0 fully saturated rings. The first-order valence-corrected chi connectivity index (χ1v) is 4.93. The Morgan fingerprint density at radius 3 is 2.45 bits per heavy atom. The number of primary amides is 1. The van der Waals surface area contributed by atoms with Crippen molar-refractivity contribution in [2.75, 3.05) is 5.75 Å². The molecule has 0 aromatic carbocycles. The largest absolute Gasteiger partial charge is 0.368 e. The second-order valence-electron chi connectivity index (χ2n) is 3.08. The predicted molar refractivity (Wildman–Crippen MR) is 50.6 cm³/mol. The van der Waals surface area contributed by atoms with Crippen LogP contribution < -0.4 is 5.73 Å². The molecule has 0 saturated carbocycles. The van der Waals surface area contributed by atoms with Crippen LogP contribution in [0.1, 0.15) is 33.6 Å². The summed E-state index contributed by atoms with van der Waals surface area (Å²) >= 11 is 1.64. The van der Waals surface area contributed by atoms with E-state index >= 15 is 0 Å². The first-order valence-electron chi connectivity index (χ1n) is 3.94. The summed E-state index contributed by atoms with van der Waals surface area (Å²) in [5, 5.41) is 0. The Morgan fingerprint density at radius 1 is 1.55 bits per heavy atom. The number of carbonyl (C=O) groups excluding carboxylic acids is 1. The number of thioether (sulfide) groups is 1. The quantitative estimate of drug-likeness (QED) is 0.647. The molecule has 0 atom stereocenters. The van der Waals surface area contributed by atoms with Crippen molar-refractivity contribution >= 4 is 17.7 Å². The summed E-state index contributed by atoms with van der Waals surface area (Å²) in [6, 6.07) is 0. The molecule has 0 heterocycles. The highest BCUT2D eigenvalue weighted by atomic mass is 32.2. The number of rotatable bonds is 5. The second-order valence-corrected chi connectivity index (χ2v) is 4.79. The summed E-state index contributed by atoms with van der Waals surface area (Å²) in [5.74, 6) is 0.797. The first kappa shape index (κ1) is 10.8. The van der Waals surface area contributed by atoms with Crippen LogP contribution in [-0.4, -0.2) is 16.4 Å². The van der Waals surface area contributed by atoms with Crippen molar-refractivity contribution in [1.82, 2.24) is 0 Å². The predicted octanol–water partition coefficient (Wildman–Crippen LogP) is 1.78. The van der Waals surface area contributed by atoms with Crippen LogP contribution in [-0.2, 0) is 4.79 Å². The van der Waals surface area contributed by atoms with E-state index in [1.165, 1.54) is 6.42 Å². The van der Waals surface area contributed by atoms with Crippen LogP contribution in [0.4, 0.5) is 0 Å². The van der Waals surface area contributed by atoms with Gasteiger partial charge < -0.3 is 5.73 Å². The number of carbonyl (C=O) groups is 1. The Kier molecular flexibility index (Phi) is 4.57. The van der Waals surface area contributed by atoms with Gasteiger partial charge in [0.2, 0.25) is 5.91 Å². The molecular weight excluding hydrogens is 158 g/mol. The second kappa shape index (κ2) is 4.65. The molecule has 0 radical (unpaired) electrons. The van der Waals surface area contributed by atoms with Gasteiger partial charge in [-0.1, -0.05) is 13.3 Å². The van der Waals surface area contributed by atoms with Crippen molar-refractivity contribution in [2.24, 2.45) is 5.73 Å². The van der Waals surface area contributed by atoms with Gasteiger partial charge in [0.25, 0.3) is 0 Å². The Bertz CT molecular complexity index is 134. The van der Waals surface area contributed by atoms with E-state index in [1.807, 2.05) is 13.8 Å². The third kappa shape index (κ3) is 4.30. The van der Waals surface area contributed by atoms with E-state index in [2.05, 4.69) is 6.92 Å². The summed E-state index contributed by atoms with van der Waals surface area (Å²) in [7, 11) is 0. The fourth-order valence-electron chi connectivity index (χ4n) is 0.543. The van der Waals surface area contributed by atoms with Crippen molar-refractivity contribution in [2.45, 2.75) is 38.4 Å². The summed E-state index contributed by atoms with van der Waals surface area (Å²) in [6.45, 7) is 5.88. The minimum atomic E-state index is -0.394. The highest BCUT2D eigenvalue weighted by Crippen LogP contribution is 2.24. The minimum Gasteiger partial charge on any atom is -0.368 e. The molecule has 1 amide bonds. The van der Waals surface area contributed by atoms with E-state index in [0.29, 0.717) is 0 Å². The fraction of sp³-hybridized carbons (Fsp3) is 0.875. The summed E-state index contributed by atoms with van der Waals surface area (Å²) in [4.78, 5) is 10.8. The average Bonchev–Trinajstić information content (AvgIpc) is 1.88. The standard InChI is InChI=1S/C8H17NOS/c1-4-5-6-11-8(2,3)7(9)10/h4-6H2,1-3H3,(H2,9,10). The number of nitrogens with two attached hydrogens (primary N) is 1. The molecule has 0 aromatic rings. The minimum absolute atomic E-state index is 0.224. The van der Waals surface area contributed by atoms with Crippen LogP contribution in [0, 0.1) is 0 Å². The van der Waals surface area contributed by atoms with Crippen molar-refractivity contribution in [3.05, 3.63) is 0 Å². The molecule has 0 aromatic heterocycles.